The first-order chi connectivity index (χ1) is 11.8. The van der Waals surface area contributed by atoms with Gasteiger partial charge in [-0.1, -0.05) is 38.1 Å². The van der Waals surface area contributed by atoms with E-state index in [1.165, 1.54) is 24.0 Å². The average molecular weight is 362 g/mol. The molecule has 1 rings (SSSR count). The molecular formula is C23H43N3. The summed E-state index contributed by atoms with van der Waals surface area (Å²) in [5, 5.41) is 7.41. The van der Waals surface area contributed by atoms with Crippen LogP contribution in [0, 0.1) is 5.92 Å². The maximum absolute atomic E-state index is 6.11. The second-order valence-corrected chi connectivity index (χ2v) is 9.96. The third-order valence-corrected chi connectivity index (χ3v) is 5.17. The van der Waals surface area contributed by atoms with Crippen LogP contribution in [0.15, 0.2) is 24.3 Å². The van der Waals surface area contributed by atoms with Gasteiger partial charge in [0.2, 0.25) is 0 Å². The highest BCUT2D eigenvalue weighted by Crippen LogP contribution is 2.27. The zero-order valence-corrected chi connectivity index (χ0v) is 18.5. The van der Waals surface area contributed by atoms with Gasteiger partial charge in [-0.15, -0.1) is 0 Å². The van der Waals surface area contributed by atoms with Gasteiger partial charge in [0.25, 0.3) is 0 Å². The first-order valence-electron chi connectivity index (χ1n) is 10.2. The topological polar surface area (TPSA) is 50.1 Å². The Morgan fingerprint density at radius 2 is 1.38 bits per heavy atom. The predicted molar refractivity (Wildman–Crippen MR) is 115 cm³/mol. The highest BCUT2D eigenvalue weighted by molar-refractivity contribution is 5.32. The van der Waals surface area contributed by atoms with Gasteiger partial charge < -0.3 is 16.4 Å². The molecule has 0 radical (unpaired) electrons. The highest BCUT2D eigenvalue weighted by atomic mass is 15.0. The van der Waals surface area contributed by atoms with Crippen LogP contribution in [-0.2, 0) is 11.1 Å². The van der Waals surface area contributed by atoms with Crippen molar-refractivity contribution in [2.45, 2.75) is 91.3 Å². The normalized spacial score (nSPS) is 13.5. The molecule has 0 aliphatic carbocycles. The summed E-state index contributed by atoms with van der Waals surface area (Å²) in [5.41, 5.74) is 8.54. The maximum atomic E-state index is 6.11. The smallest absolute Gasteiger partial charge is 0.0377 e. The van der Waals surface area contributed by atoms with E-state index in [9.17, 15) is 0 Å². The minimum atomic E-state index is -0.132. The van der Waals surface area contributed by atoms with Crippen LogP contribution in [0.2, 0.25) is 0 Å². The van der Waals surface area contributed by atoms with Crippen LogP contribution in [0.1, 0.15) is 85.8 Å². The fourth-order valence-corrected chi connectivity index (χ4v) is 3.11. The zero-order chi connectivity index (χ0) is 20.0. The van der Waals surface area contributed by atoms with Crippen molar-refractivity contribution in [3.8, 4) is 0 Å². The number of nitrogens with one attached hydrogen (secondary N) is 2. The fourth-order valence-electron chi connectivity index (χ4n) is 3.11. The van der Waals surface area contributed by atoms with E-state index in [2.05, 4.69) is 90.3 Å². The van der Waals surface area contributed by atoms with E-state index in [-0.39, 0.29) is 16.6 Å². The molecule has 150 valence electrons. The molecule has 0 aromatic heterocycles. The molecule has 1 aromatic carbocycles. The van der Waals surface area contributed by atoms with Crippen LogP contribution in [-0.4, -0.2) is 18.6 Å². The molecule has 0 amide bonds. The van der Waals surface area contributed by atoms with Gasteiger partial charge in [0.1, 0.15) is 0 Å². The van der Waals surface area contributed by atoms with Gasteiger partial charge in [-0.05, 0) is 90.9 Å². The standard InChI is InChI=1S/C23H43N3/c1-18(2)11-10-15-25-22(5,6)19-12-9-13-20(17-19)23(7,8)26-16-14-21(3,4)24/h9,12-13,17-18,25-26H,10-11,14-16,24H2,1-8H3. The van der Waals surface area contributed by atoms with E-state index in [0.717, 1.165) is 25.4 Å². The van der Waals surface area contributed by atoms with Gasteiger partial charge in [-0.25, -0.2) is 0 Å². The van der Waals surface area contributed by atoms with Gasteiger partial charge in [0.05, 0.1) is 0 Å². The Hall–Kier alpha value is -0.900. The van der Waals surface area contributed by atoms with E-state index in [1.54, 1.807) is 0 Å². The molecule has 4 N–H and O–H groups in total. The summed E-state index contributed by atoms with van der Waals surface area (Å²) in [6.45, 7) is 19.8. The molecule has 0 aliphatic heterocycles. The van der Waals surface area contributed by atoms with Crippen molar-refractivity contribution < 1.29 is 0 Å². The lowest BCUT2D eigenvalue weighted by Gasteiger charge is -2.32. The molecule has 0 atom stereocenters. The van der Waals surface area contributed by atoms with Gasteiger partial charge in [0.15, 0.2) is 0 Å². The molecule has 0 unspecified atom stereocenters. The summed E-state index contributed by atoms with van der Waals surface area (Å²) >= 11 is 0. The zero-order valence-electron chi connectivity index (χ0n) is 18.5. The Bertz CT molecular complexity index is 539. The summed E-state index contributed by atoms with van der Waals surface area (Å²) in [6, 6.07) is 8.98. The molecule has 0 aliphatic rings. The van der Waals surface area contributed by atoms with Crippen LogP contribution in [0.5, 0.6) is 0 Å². The molecule has 0 heterocycles. The molecule has 0 saturated carbocycles. The lowest BCUT2D eigenvalue weighted by atomic mass is 9.87. The summed E-state index contributed by atoms with van der Waals surface area (Å²) in [6.07, 6.45) is 3.46. The number of hydrogen-bond donors (Lipinski definition) is 3. The first-order valence-corrected chi connectivity index (χ1v) is 10.2. The van der Waals surface area contributed by atoms with Gasteiger partial charge in [-0.3, -0.25) is 0 Å². The Morgan fingerprint density at radius 1 is 0.885 bits per heavy atom. The SMILES string of the molecule is CC(C)CCCNC(C)(C)c1cccc(C(C)(C)NCCC(C)(C)N)c1. The minimum absolute atomic E-state index is 0.0255. The summed E-state index contributed by atoms with van der Waals surface area (Å²) in [7, 11) is 0. The monoisotopic (exact) mass is 361 g/mol. The molecule has 3 nitrogen and oxygen atoms in total. The van der Waals surface area contributed by atoms with Crippen LogP contribution < -0.4 is 16.4 Å². The Labute approximate surface area is 162 Å². The molecule has 3 heteroatoms. The number of benzene rings is 1. The lowest BCUT2D eigenvalue weighted by Crippen LogP contribution is -2.42. The minimum Gasteiger partial charge on any atom is -0.326 e. The number of rotatable bonds is 11. The van der Waals surface area contributed by atoms with Crippen LogP contribution in [0.25, 0.3) is 0 Å². The van der Waals surface area contributed by atoms with Crippen LogP contribution in [0.3, 0.4) is 0 Å². The number of hydrogen-bond acceptors (Lipinski definition) is 3. The Balaban J connectivity index is 2.75. The van der Waals surface area contributed by atoms with E-state index >= 15 is 0 Å². The molecule has 0 saturated heterocycles. The van der Waals surface area contributed by atoms with Crippen molar-refractivity contribution in [1.29, 1.82) is 0 Å². The molecule has 0 bridgehead atoms. The predicted octanol–water partition coefficient (Wildman–Crippen LogP) is 4.90. The molecule has 26 heavy (non-hydrogen) atoms. The Morgan fingerprint density at radius 3 is 1.85 bits per heavy atom. The van der Waals surface area contributed by atoms with Crippen molar-refractivity contribution in [2.24, 2.45) is 11.7 Å². The summed E-state index contributed by atoms with van der Waals surface area (Å²) in [4.78, 5) is 0. The molecule has 1 aromatic rings. The Kier molecular flexibility index (Phi) is 8.32. The first kappa shape index (κ1) is 23.1. The molecule has 0 spiro atoms. The van der Waals surface area contributed by atoms with Crippen LogP contribution >= 0.6 is 0 Å². The molecule has 0 fully saturated rings. The number of nitrogens with two attached hydrogens (primary N) is 1. The van der Waals surface area contributed by atoms with Gasteiger partial charge in [-0.2, -0.15) is 0 Å². The van der Waals surface area contributed by atoms with Crippen molar-refractivity contribution in [2.75, 3.05) is 13.1 Å². The van der Waals surface area contributed by atoms with Gasteiger partial charge in [0, 0.05) is 16.6 Å². The summed E-state index contributed by atoms with van der Waals surface area (Å²) < 4.78 is 0. The van der Waals surface area contributed by atoms with Crippen molar-refractivity contribution in [1.82, 2.24) is 10.6 Å². The van der Waals surface area contributed by atoms with E-state index in [1.807, 2.05) is 0 Å². The van der Waals surface area contributed by atoms with E-state index in [0.29, 0.717) is 0 Å². The van der Waals surface area contributed by atoms with Crippen molar-refractivity contribution >= 4 is 0 Å². The van der Waals surface area contributed by atoms with E-state index < -0.39 is 0 Å². The van der Waals surface area contributed by atoms with Crippen LogP contribution in [0.4, 0.5) is 0 Å². The average Bonchev–Trinajstić information content (AvgIpc) is 2.50. The fraction of sp³-hybridized carbons (Fsp3) is 0.739. The van der Waals surface area contributed by atoms with E-state index in [4.69, 9.17) is 5.73 Å². The lowest BCUT2D eigenvalue weighted by molar-refractivity contribution is 0.361. The quantitative estimate of drug-likeness (QED) is 0.491. The second-order valence-electron chi connectivity index (χ2n) is 9.96. The van der Waals surface area contributed by atoms with Crippen molar-refractivity contribution in [3.05, 3.63) is 35.4 Å². The summed E-state index contributed by atoms with van der Waals surface area (Å²) in [5.74, 6) is 0.772. The van der Waals surface area contributed by atoms with Gasteiger partial charge >= 0.3 is 0 Å². The third kappa shape index (κ3) is 8.20. The largest absolute Gasteiger partial charge is 0.326 e. The van der Waals surface area contributed by atoms with Crippen molar-refractivity contribution in [3.63, 3.8) is 0 Å². The molecular weight excluding hydrogens is 318 g/mol. The highest BCUT2D eigenvalue weighted by Gasteiger charge is 2.25. The maximum Gasteiger partial charge on any atom is 0.0377 e. The second kappa shape index (κ2) is 9.34. The third-order valence-electron chi connectivity index (χ3n) is 5.17.